The number of aliphatic hydroxyl groups excluding tert-OH is 1. The molecule has 0 aliphatic carbocycles. The van der Waals surface area contributed by atoms with E-state index in [-0.39, 0.29) is 12.2 Å². The van der Waals surface area contributed by atoms with Gasteiger partial charge in [-0.25, -0.2) is 4.39 Å². The Hall–Kier alpha value is -1.58. The summed E-state index contributed by atoms with van der Waals surface area (Å²) in [7, 11) is 0. The fourth-order valence-corrected chi connectivity index (χ4v) is 2.23. The smallest absolute Gasteiger partial charge is 0.126 e. The topological polar surface area (TPSA) is 29.5 Å². The maximum absolute atomic E-state index is 13.7. The number of ether oxygens (including phenoxy) is 1. The molecule has 1 unspecified atom stereocenters. The van der Waals surface area contributed by atoms with Gasteiger partial charge in [0.25, 0.3) is 0 Å². The van der Waals surface area contributed by atoms with Crippen molar-refractivity contribution in [2.75, 3.05) is 6.61 Å². The van der Waals surface area contributed by atoms with Crippen LogP contribution in [0.2, 0.25) is 5.02 Å². The van der Waals surface area contributed by atoms with Crippen molar-refractivity contribution in [2.24, 2.45) is 0 Å². The molecule has 0 spiro atoms. The van der Waals surface area contributed by atoms with Gasteiger partial charge in [-0.1, -0.05) is 30.7 Å². The second-order valence-electron chi connectivity index (χ2n) is 4.87. The Labute approximate surface area is 129 Å². The number of halogens is 2. The van der Waals surface area contributed by atoms with Crippen LogP contribution in [0.15, 0.2) is 42.5 Å². The van der Waals surface area contributed by atoms with Crippen molar-refractivity contribution in [3.05, 3.63) is 64.4 Å². The first-order chi connectivity index (χ1) is 10.1. The molecule has 1 N–H and O–H groups in total. The molecule has 0 amide bonds. The molecule has 0 heterocycles. The first-order valence-corrected chi connectivity index (χ1v) is 7.32. The predicted octanol–water partition coefficient (Wildman–Crippen LogP) is 4.54. The van der Waals surface area contributed by atoms with Crippen LogP contribution in [-0.4, -0.2) is 11.7 Å². The minimum Gasteiger partial charge on any atom is -0.494 e. The molecule has 112 valence electrons. The monoisotopic (exact) mass is 308 g/mol. The molecule has 2 rings (SSSR count). The molecule has 4 heteroatoms. The lowest BCUT2D eigenvalue weighted by molar-refractivity contribution is 0.177. The van der Waals surface area contributed by atoms with Crippen LogP contribution in [0.4, 0.5) is 4.39 Å². The summed E-state index contributed by atoms with van der Waals surface area (Å²) in [4.78, 5) is 0. The summed E-state index contributed by atoms with van der Waals surface area (Å²) in [6, 6.07) is 11.5. The van der Waals surface area contributed by atoms with Crippen LogP contribution in [0.3, 0.4) is 0 Å². The third-order valence-corrected chi connectivity index (χ3v) is 3.39. The van der Waals surface area contributed by atoms with Gasteiger partial charge in [0.15, 0.2) is 0 Å². The summed E-state index contributed by atoms with van der Waals surface area (Å²) in [6.07, 6.45) is 0.346. The number of rotatable bonds is 6. The van der Waals surface area contributed by atoms with Crippen LogP contribution in [0.1, 0.15) is 30.6 Å². The molecule has 1 atom stereocenters. The van der Waals surface area contributed by atoms with Crippen LogP contribution in [0.5, 0.6) is 5.75 Å². The highest BCUT2D eigenvalue weighted by Gasteiger charge is 2.12. The highest BCUT2D eigenvalue weighted by molar-refractivity contribution is 6.30. The molecular weight excluding hydrogens is 291 g/mol. The van der Waals surface area contributed by atoms with E-state index in [0.717, 1.165) is 17.7 Å². The van der Waals surface area contributed by atoms with Gasteiger partial charge in [-0.2, -0.15) is 0 Å². The molecule has 2 aromatic rings. The van der Waals surface area contributed by atoms with Gasteiger partial charge in [-0.15, -0.1) is 0 Å². The van der Waals surface area contributed by atoms with Gasteiger partial charge in [0.2, 0.25) is 0 Å². The van der Waals surface area contributed by atoms with E-state index in [2.05, 4.69) is 0 Å². The zero-order chi connectivity index (χ0) is 15.2. The summed E-state index contributed by atoms with van der Waals surface area (Å²) in [5.41, 5.74) is 1.12. The van der Waals surface area contributed by atoms with Gasteiger partial charge >= 0.3 is 0 Å². The molecule has 21 heavy (non-hydrogen) atoms. The largest absolute Gasteiger partial charge is 0.494 e. The SMILES string of the molecule is CCCOc1ccc(C(O)Cc2cc(Cl)ccc2F)cc1. The van der Waals surface area contributed by atoms with Crippen molar-refractivity contribution in [3.63, 3.8) is 0 Å². The van der Waals surface area contributed by atoms with E-state index < -0.39 is 6.10 Å². The second-order valence-corrected chi connectivity index (χ2v) is 5.31. The van der Waals surface area contributed by atoms with Gasteiger partial charge in [0.05, 0.1) is 12.7 Å². The van der Waals surface area contributed by atoms with Crippen LogP contribution in [0.25, 0.3) is 0 Å². The zero-order valence-corrected chi connectivity index (χ0v) is 12.6. The molecule has 0 fully saturated rings. The molecular formula is C17H18ClFO2. The number of hydrogen-bond acceptors (Lipinski definition) is 2. The van der Waals surface area contributed by atoms with Gasteiger partial charge in [0.1, 0.15) is 11.6 Å². The maximum Gasteiger partial charge on any atom is 0.126 e. The third kappa shape index (κ3) is 4.45. The van der Waals surface area contributed by atoms with Crippen molar-refractivity contribution >= 4 is 11.6 Å². The number of aliphatic hydroxyl groups is 1. The summed E-state index contributed by atoms with van der Waals surface area (Å²) < 4.78 is 19.1. The van der Waals surface area contributed by atoms with E-state index >= 15 is 0 Å². The minimum absolute atomic E-state index is 0.182. The average molecular weight is 309 g/mol. The molecule has 0 radical (unpaired) electrons. The second kappa shape index (κ2) is 7.43. The Morgan fingerprint density at radius 2 is 1.90 bits per heavy atom. The Balaban J connectivity index is 2.05. The molecule has 0 aliphatic rings. The van der Waals surface area contributed by atoms with Crippen LogP contribution < -0.4 is 4.74 Å². The molecule has 0 aromatic heterocycles. The van der Waals surface area contributed by atoms with Crippen LogP contribution in [-0.2, 0) is 6.42 Å². The highest BCUT2D eigenvalue weighted by Crippen LogP contribution is 2.24. The first-order valence-electron chi connectivity index (χ1n) is 6.95. The molecule has 0 bridgehead atoms. The van der Waals surface area contributed by atoms with Crippen LogP contribution in [0, 0.1) is 5.82 Å². The lowest BCUT2D eigenvalue weighted by atomic mass is 10.0. The Morgan fingerprint density at radius 3 is 2.57 bits per heavy atom. The predicted molar refractivity (Wildman–Crippen MR) is 82.3 cm³/mol. The van der Waals surface area contributed by atoms with E-state index in [9.17, 15) is 9.50 Å². The lowest BCUT2D eigenvalue weighted by Crippen LogP contribution is -2.04. The normalized spacial score (nSPS) is 12.2. The van der Waals surface area contributed by atoms with Gasteiger partial charge in [-0.3, -0.25) is 0 Å². The van der Waals surface area contributed by atoms with E-state index in [4.69, 9.17) is 16.3 Å². The quantitative estimate of drug-likeness (QED) is 0.848. The molecule has 0 aliphatic heterocycles. The molecule has 2 aromatic carbocycles. The average Bonchev–Trinajstić information content (AvgIpc) is 2.49. The minimum atomic E-state index is -0.779. The van der Waals surface area contributed by atoms with E-state index in [0.29, 0.717) is 17.2 Å². The Kier molecular flexibility index (Phi) is 5.59. The molecule has 0 saturated heterocycles. The standard InChI is InChI=1S/C17H18ClFO2/c1-2-9-21-15-6-3-12(4-7-15)17(20)11-13-10-14(18)5-8-16(13)19/h3-8,10,17,20H,2,9,11H2,1H3. The first kappa shape index (κ1) is 15.8. The van der Waals surface area contributed by atoms with Gasteiger partial charge in [0, 0.05) is 11.4 Å². The van der Waals surface area contributed by atoms with Crippen LogP contribution >= 0.6 is 11.6 Å². The van der Waals surface area contributed by atoms with Crippen molar-refractivity contribution in [1.29, 1.82) is 0 Å². The highest BCUT2D eigenvalue weighted by atomic mass is 35.5. The fraction of sp³-hybridized carbons (Fsp3) is 0.294. The van der Waals surface area contributed by atoms with Crippen molar-refractivity contribution in [1.82, 2.24) is 0 Å². The van der Waals surface area contributed by atoms with Crippen molar-refractivity contribution in [2.45, 2.75) is 25.9 Å². The summed E-state index contributed by atoms with van der Waals surface area (Å²) >= 11 is 5.85. The van der Waals surface area contributed by atoms with E-state index in [1.165, 1.54) is 12.1 Å². The Morgan fingerprint density at radius 1 is 1.19 bits per heavy atom. The van der Waals surface area contributed by atoms with Crippen molar-refractivity contribution in [3.8, 4) is 5.75 Å². The third-order valence-electron chi connectivity index (χ3n) is 3.16. The molecule has 2 nitrogen and oxygen atoms in total. The van der Waals surface area contributed by atoms with E-state index in [1.54, 1.807) is 18.2 Å². The summed E-state index contributed by atoms with van der Waals surface area (Å²) in [6.45, 7) is 2.70. The Bertz CT molecular complexity index is 584. The number of hydrogen-bond donors (Lipinski definition) is 1. The summed E-state index contributed by atoms with van der Waals surface area (Å²) in [5, 5.41) is 10.7. The van der Waals surface area contributed by atoms with E-state index in [1.807, 2.05) is 19.1 Å². The zero-order valence-electron chi connectivity index (χ0n) is 11.9. The van der Waals surface area contributed by atoms with Gasteiger partial charge < -0.3 is 9.84 Å². The summed E-state index contributed by atoms with van der Waals surface area (Å²) in [5.74, 6) is 0.406. The maximum atomic E-state index is 13.7. The van der Waals surface area contributed by atoms with Crippen molar-refractivity contribution < 1.29 is 14.2 Å². The van der Waals surface area contributed by atoms with Gasteiger partial charge in [-0.05, 0) is 47.9 Å². The number of benzene rings is 2. The lowest BCUT2D eigenvalue weighted by Gasteiger charge is -2.13. The fourth-order valence-electron chi connectivity index (χ4n) is 2.03. The molecule has 0 saturated carbocycles.